The minimum Gasteiger partial charge on any atom is -0.477 e. The lowest BCUT2D eigenvalue weighted by Crippen LogP contribution is -2.16. The molecule has 0 amide bonds. The van der Waals surface area contributed by atoms with Gasteiger partial charge >= 0.3 is 5.97 Å². The Labute approximate surface area is 186 Å². The molecule has 0 atom stereocenters. The molecule has 0 spiro atoms. The SMILES string of the molecule is CS(=O)(=O)c1cccc(-c2nnc(C(=Nc3ccccc3Cl)/C(Cl)=C(\N)C(=O)O)o2)c1. The number of benzene rings is 2. The standard InChI is InChI=1S/C19H14Cl2N4O5S/c1-31(28,29)11-6-4-5-10(9-11)17-24-25-18(30-17)16(14(21)15(22)19(26)27)23-13-8-3-2-7-12(13)20/h2-9H,22H2,1H3,(H,26,27)/b15-14+,23-16?. The van der Waals surface area contributed by atoms with Gasteiger partial charge in [-0.1, -0.05) is 41.4 Å². The maximum Gasteiger partial charge on any atom is 0.353 e. The number of para-hydroxylation sites is 1. The van der Waals surface area contributed by atoms with Crippen LogP contribution in [0.25, 0.3) is 11.5 Å². The van der Waals surface area contributed by atoms with E-state index in [0.717, 1.165) is 6.26 Å². The highest BCUT2D eigenvalue weighted by molar-refractivity contribution is 7.90. The first-order chi connectivity index (χ1) is 14.6. The van der Waals surface area contributed by atoms with Crippen LogP contribution >= 0.6 is 23.2 Å². The molecule has 1 aromatic heterocycles. The summed E-state index contributed by atoms with van der Waals surface area (Å²) in [6.45, 7) is 0. The molecule has 0 saturated carbocycles. The number of aromatic nitrogens is 2. The van der Waals surface area contributed by atoms with Crippen molar-refractivity contribution >= 4 is 50.4 Å². The highest BCUT2D eigenvalue weighted by atomic mass is 35.5. The van der Waals surface area contributed by atoms with Crippen molar-refractivity contribution in [2.75, 3.05) is 6.26 Å². The molecule has 0 aliphatic rings. The Morgan fingerprint density at radius 2 is 1.87 bits per heavy atom. The van der Waals surface area contributed by atoms with Crippen LogP contribution in [0, 0.1) is 0 Å². The van der Waals surface area contributed by atoms with Crippen LogP contribution in [-0.4, -0.2) is 41.7 Å². The van der Waals surface area contributed by atoms with Crippen LogP contribution < -0.4 is 5.73 Å². The predicted molar refractivity (Wildman–Crippen MR) is 115 cm³/mol. The first-order valence-electron chi connectivity index (χ1n) is 8.44. The number of hydrogen-bond donors (Lipinski definition) is 2. The van der Waals surface area contributed by atoms with Crippen molar-refractivity contribution in [2.45, 2.75) is 4.90 Å². The maximum absolute atomic E-state index is 11.8. The molecular weight excluding hydrogens is 467 g/mol. The first kappa shape index (κ1) is 22.5. The number of halogens is 2. The van der Waals surface area contributed by atoms with Gasteiger partial charge in [-0.3, -0.25) is 0 Å². The molecule has 3 rings (SSSR count). The van der Waals surface area contributed by atoms with Crippen LogP contribution in [-0.2, 0) is 14.6 Å². The quantitative estimate of drug-likeness (QED) is 0.402. The summed E-state index contributed by atoms with van der Waals surface area (Å²) < 4.78 is 29.2. The van der Waals surface area contributed by atoms with Gasteiger partial charge < -0.3 is 15.3 Å². The van der Waals surface area contributed by atoms with Crippen LogP contribution in [0.4, 0.5) is 5.69 Å². The zero-order valence-electron chi connectivity index (χ0n) is 15.8. The van der Waals surface area contributed by atoms with Crippen LogP contribution in [0.3, 0.4) is 0 Å². The van der Waals surface area contributed by atoms with Crippen molar-refractivity contribution in [1.29, 1.82) is 0 Å². The van der Waals surface area contributed by atoms with Crippen LogP contribution in [0.2, 0.25) is 5.02 Å². The van der Waals surface area contributed by atoms with Crippen LogP contribution in [0.5, 0.6) is 0 Å². The molecule has 0 fully saturated rings. The number of aliphatic imine (C=N–C) groups is 1. The number of carboxylic acids is 1. The molecule has 0 unspecified atom stereocenters. The van der Waals surface area contributed by atoms with Gasteiger partial charge in [-0.15, -0.1) is 10.2 Å². The molecule has 3 aromatic rings. The molecule has 0 radical (unpaired) electrons. The molecule has 1 heterocycles. The third-order valence-corrected chi connectivity index (χ3v) is 5.71. The molecule has 0 aliphatic carbocycles. The molecule has 31 heavy (non-hydrogen) atoms. The molecule has 3 N–H and O–H groups in total. The van der Waals surface area contributed by atoms with Crippen molar-refractivity contribution in [3.63, 3.8) is 0 Å². The largest absolute Gasteiger partial charge is 0.477 e. The first-order valence-corrected chi connectivity index (χ1v) is 11.1. The fourth-order valence-electron chi connectivity index (χ4n) is 2.37. The fourth-order valence-corrected chi connectivity index (χ4v) is 3.42. The van der Waals surface area contributed by atoms with Gasteiger partial charge in [0.2, 0.25) is 5.89 Å². The summed E-state index contributed by atoms with van der Waals surface area (Å²) >= 11 is 12.3. The zero-order valence-corrected chi connectivity index (χ0v) is 18.1. The van der Waals surface area contributed by atoms with Gasteiger partial charge in [0.25, 0.3) is 5.89 Å². The van der Waals surface area contributed by atoms with E-state index < -0.39 is 26.5 Å². The molecule has 2 aromatic carbocycles. The maximum atomic E-state index is 11.8. The van der Waals surface area contributed by atoms with E-state index in [9.17, 15) is 18.3 Å². The number of nitrogens with zero attached hydrogens (tertiary/aromatic N) is 3. The lowest BCUT2D eigenvalue weighted by atomic mass is 10.2. The Morgan fingerprint density at radius 3 is 2.52 bits per heavy atom. The summed E-state index contributed by atoms with van der Waals surface area (Å²) in [4.78, 5) is 15.6. The van der Waals surface area contributed by atoms with Crippen molar-refractivity contribution in [2.24, 2.45) is 10.7 Å². The van der Waals surface area contributed by atoms with E-state index in [2.05, 4.69) is 15.2 Å². The van der Waals surface area contributed by atoms with Crippen molar-refractivity contribution < 1.29 is 22.7 Å². The fraction of sp³-hybridized carbons (Fsp3) is 0.0526. The number of rotatable bonds is 6. The van der Waals surface area contributed by atoms with E-state index >= 15 is 0 Å². The zero-order chi connectivity index (χ0) is 22.8. The van der Waals surface area contributed by atoms with Gasteiger partial charge in [-0.25, -0.2) is 18.2 Å². The number of hydrogen-bond acceptors (Lipinski definition) is 8. The van der Waals surface area contributed by atoms with E-state index in [1.165, 1.54) is 18.2 Å². The number of aliphatic carboxylic acids is 1. The summed E-state index contributed by atoms with van der Waals surface area (Å²) in [5, 5.41) is 16.8. The van der Waals surface area contributed by atoms with Gasteiger partial charge in [0.05, 0.1) is 15.6 Å². The topological polar surface area (TPSA) is 149 Å². The molecule has 12 heteroatoms. The molecule has 9 nitrogen and oxygen atoms in total. The average molecular weight is 481 g/mol. The van der Waals surface area contributed by atoms with Gasteiger partial charge in [0, 0.05) is 11.8 Å². The van der Waals surface area contributed by atoms with Crippen molar-refractivity contribution in [1.82, 2.24) is 10.2 Å². The lowest BCUT2D eigenvalue weighted by Gasteiger charge is -2.05. The Balaban J connectivity index is 2.15. The lowest BCUT2D eigenvalue weighted by molar-refractivity contribution is -0.132. The van der Waals surface area contributed by atoms with Crippen molar-refractivity contribution in [3.05, 3.63) is 70.2 Å². The Hall–Kier alpha value is -3.21. The van der Waals surface area contributed by atoms with Gasteiger partial charge in [-0.05, 0) is 30.3 Å². The summed E-state index contributed by atoms with van der Waals surface area (Å²) in [6, 6.07) is 12.4. The second-order valence-electron chi connectivity index (χ2n) is 6.16. The normalized spacial score (nSPS) is 13.1. The molecule has 0 aliphatic heterocycles. The van der Waals surface area contributed by atoms with Gasteiger partial charge in [0.15, 0.2) is 9.84 Å². The summed E-state index contributed by atoms with van der Waals surface area (Å²) in [5.41, 5.74) is 5.23. The van der Waals surface area contributed by atoms with E-state index in [-0.39, 0.29) is 33.1 Å². The predicted octanol–water partition coefficient (Wildman–Crippen LogP) is 3.41. The minimum atomic E-state index is -3.46. The van der Waals surface area contributed by atoms with Crippen molar-refractivity contribution in [3.8, 4) is 11.5 Å². The Morgan fingerprint density at radius 1 is 1.16 bits per heavy atom. The monoisotopic (exact) mass is 480 g/mol. The summed E-state index contributed by atoms with van der Waals surface area (Å²) in [7, 11) is -3.46. The van der Waals surface area contributed by atoms with E-state index in [1.807, 2.05) is 0 Å². The smallest absolute Gasteiger partial charge is 0.353 e. The third-order valence-electron chi connectivity index (χ3n) is 3.90. The second-order valence-corrected chi connectivity index (χ2v) is 8.96. The third kappa shape index (κ3) is 5.10. The van der Waals surface area contributed by atoms with Crippen LogP contribution in [0.1, 0.15) is 5.89 Å². The van der Waals surface area contributed by atoms with E-state index in [1.54, 1.807) is 30.3 Å². The highest BCUT2D eigenvalue weighted by Crippen LogP contribution is 2.28. The second kappa shape index (κ2) is 8.88. The van der Waals surface area contributed by atoms with E-state index in [0.29, 0.717) is 5.56 Å². The number of carbonyl (C=O) groups is 1. The molecular formula is C19H14Cl2N4O5S. The minimum absolute atomic E-state index is 0.0364. The van der Waals surface area contributed by atoms with Gasteiger partial charge in [0.1, 0.15) is 16.4 Å². The van der Waals surface area contributed by atoms with Gasteiger partial charge in [-0.2, -0.15) is 0 Å². The van der Waals surface area contributed by atoms with E-state index in [4.69, 9.17) is 33.4 Å². The number of allylic oxidation sites excluding steroid dienone is 1. The molecule has 0 bridgehead atoms. The summed E-state index contributed by atoms with van der Waals surface area (Å²) in [5.74, 6) is -1.75. The highest BCUT2D eigenvalue weighted by Gasteiger charge is 2.23. The van der Waals surface area contributed by atoms with Crippen LogP contribution in [0.15, 0.2) is 73.6 Å². The molecule has 0 saturated heterocycles. The Bertz CT molecular complexity index is 1330. The number of nitrogens with two attached hydrogens (primary N) is 1. The average Bonchev–Trinajstić information content (AvgIpc) is 3.21. The number of carboxylic acid groups (broad SMARTS) is 1. The Kier molecular flexibility index (Phi) is 6.44. The molecule has 160 valence electrons. The number of sulfone groups is 1. The summed E-state index contributed by atoms with van der Waals surface area (Å²) in [6.07, 6.45) is 1.07.